The minimum atomic E-state index is -0.141. The third-order valence-electron chi connectivity index (χ3n) is 8.71. The molecule has 26 heavy (non-hydrogen) atoms. The molecule has 0 aliphatic heterocycles. The standard InChI is InChI=1S/C23H32O3/c1-14(24)4-5-15-12-16-13-17(25)8-10-22(16,2)19-9-11-23(3)18(21(15)19)6-7-20(23)26/h13,15,18-19,21H,4-12H2,1-3H3/t15?,18?,19?,21?,22-,23-/m0/s1. The van der Waals surface area contributed by atoms with Crippen LogP contribution in [-0.4, -0.2) is 17.3 Å². The molecular formula is C23H32O3. The highest BCUT2D eigenvalue weighted by atomic mass is 16.1. The summed E-state index contributed by atoms with van der Waals surface area (Å²) in [5.74, 6) is 3.02. The van der Waals surface area contributed by atoms with E-state index in [1.807, 2.05) is 6.08 Å². The van der Waals surface area contributed by atoms with Gasteiger partial charge in [0.15, 0.2) is 5.78 Å². The molecule has 0 saturated heterocycles. The van der Waals surface area contributed by atoms with Gasteiger partial charge >= 0.3 is 0 Å². The van der Waals surface area contributed by atoms with E-state index in [1.54, 1.807) is 6.92 Å². The smallest absolute Gasteiger partial charge is 0.155 e. The fourth-order valence-corrected chi connectivity index (χ4v) is 7.16. The molecule has 0 radical (unpaired) electrons. The number of allylic oxidation sites excluding steroid dienone is 1. The Kier molecular flexibility index (Phi) is 4.28. The lowest BCUT2D eigenvalue weighted by atomic mass is 9.44. The fourth-order valence-electron chi connectivity index (χ4n) is 7.16. The van der Waals surface area contributed by atoms with Crippen LogP contribution >= 0.6 is 0 Å². The van der Waals surface area contributed by atoms with Crippen molar-refractivity contribution in [1.29, 1.82) is 0 Å². The summed E-state index contributed by atoms with van der Waals surface area (Å²) in [4.78, 5) is 36.4. The lowest BCUT2D eigenvalue weighted by molar-refractivity contribution is -0.135. The highest BCUT2D eigenvalue weighted by molar-refractivity contribution is 5.91. The van der Waals surface area contributed by atoms with Crippen molar-refractivity contribution in [3.8, 4) is 0 Å². The predicted molar refractivity (Wildman–Crippen MR) is 101 cm³/mol. The van der Waals surface area contributed by atoms with Crippen molar-refractivity contribution in [2.24, 2.45) is 34.5 Å². The number of ketones is 3. The second kappa shape index (κ2) is 6.14. The number of hydrogen-bond donors (Lipinski definition) is 0. The highest BCUT2D eigenvalue weighted by Crippen LogP contribution is 2.66. The first-order valence-electron chi connectivity index (χ1n) is 10.5. The largest absolute Gasteiger partial charge is 0.300 e. The molecule has 4 unspecified atom stereocenters. The molecule has 3 heteroatoms. The Morgan fingerprint density at radius 2 is 1.81 bits per heavy atom. The van der Waals surface area contributed by atoms with Gasteiger partial charge in [0.1, 0.15) is 11.6 Å². The molecule has 4 aliphatic carbocycles. The van der Waals surface area contributed by atoms with Crippen LogP contribution in [0.15, 0.2) is 11.6 Å². The van der Waals surface area contributed by atoms with E-state index in [1.165, 1.54) is 5.57 Å². The van der Waals surface area contributed by atoms with Crippen LogP contribution in [0.3, 0.4) is 0 Å². The summed E-state index contributed by atoms with van der Waals surface area (Å²) < 4.78 is 0. The molecule has 0 bridgehead atoms. The van der Waals surface area contributed by atoms with Gasteiger partial charge in [-0.3, -0.25) is 9.59 Å². The van der Waals surface area contributed by atoms with Gasteiger partial charge in [-0.1, -0.05) is 19.4 Å². The van der Waals surface area contributed by atoms with Crippen LogP contribution in [0.5, 0.6) is 0 Å². The lowest BCUT2D eigenvalue weighted by Crippen LogP contribution is -2.53. The molecule has 0 spiro atoms. The van der Waals surface area contributed by atoms with Crippen LogP contribution in [0, 0.1) is 34.5 Å². The predicted octanol–water partition coefficient (Wildman–Crippen LogP) is 4.68. The lowest BCUT2D eigenvalue weighted by Gasteiger charge is -2.59. The summed E-state index contributed by atoms with van der Waals surface area (Å²) in [6, 6.07) is 0. The first-order chi connectivity index (χ1) is 12.3. The maximum atomic E-state index is 12.7. The van der Waals surface area contributed by atoms with Gasteiger partial charge in [-0.05, 0) is 80.6 Å². The van der Waals surface area contributed by atoms with E-state index in [0.717, 1.165) is 44.9 Å². The third kappa shape index (κ3) is 2.57. The van der Waals surface area contributed by atoms with Gasteiger partial charge in [-0.25, -0.2) is 0 Å². The summed E-state index contributed by atoms with van der Waals surface area (Å²) in [6.45, 7) is 6.27. The van der Waals surface area contributed by atoms with E-state index < -0.39 is 0 Å². The van der Waals surface area contributed by atoms with Gasteiger partial charge in [0.05, 0.1) is 0 Å². The maximum Gasteiger partial charge on any atom is 0.155 e. The molecule has 142 valence electrons. The maximum absolute atomic E-state index is 12.7. The molecule has 0 N–H and O–H groups in total. The van der Waals surface area contributed by atoms with Crippen LogP contribution in [0.2, 0.25) is 0 Å². The third-order valence-corrected chi connectivity index (χ3v) is 8.71. The van der Waals surface area contributed by atoms with Gasteiger partial charge in [-0.2, -0.15) is 0 Å². The zero-order valence-corrected chi connectivity index (χ0v) is 16.5. The topological polar surface area (TPSA) is 51.2 Å². The van der Waals surface area contributed by atoms with Gasteiger partial charge < -0.3 is 4.79 Å². The van der Waals surface area contributed by atoms with Crippen molar-refractivity contribution in [2.75, 3.05) is 0 Å². The van der Waals surface area contributed by atoms with Crippen molar-refractivity contribution in [1.82, 2.24) is 0 Å². The van der Waals surface area contributed by atoms with Gasteiger partial charge in [-0.15, -0.1) is 0 Å². The van der Waals surface area contributed by atoms with E-state index in [9.17, 15) is 14.4 Å². The monoisotopic (exact) mass is 356 g/mol. The second-order valence-electron chi connectivity index (χ2n) is 9.97. The minimum absolute atomic E-state index is 0.123. The quantitative estimate of drug-likeness (QED) is 0.737. The van der Waals surface area contributed by atoms with Crippen molar-refractivity contribution in [3.05, 3.63) is 11.6 Å². The highest BCUT2D eigenvalue weighted by Gasteiger charge is 2.61. The molecular weight excluding hydrogens is 324 g/mol. The van der Waals surface area contributed by atoms with Crippen molar-refractivity contribution in [2.45, 2.75) is 78.6 Å². The minimum Gasteiger partial charge on any atom is -0.300 e. The zero-order chi connectivity index (χ0) is 18.7. The molecule has 4 rings (SSSR count). The van der Waals surface area contributed by atoms with E-state index in [4.69, 9.17) is 0 Å². The number of fused-ring (bicyclic) bond motifs is 5. The van der Waals surface area contributed by atoms with Crippen molar-refractivity contribution >= 4 is 17.3 Å². The number of carbonyl (C=O) groups excluding carboxylic acids is 3. The summed E-state index contributed by atoms with van der Waals surface area (Å²) in [5, 5.41) is 0. The first kappa shape index (κ1) is 18.1. The van der Waals surface area contributed by atoms with Crippen LogP contribution in [0.1, 0.15) is 78.6 Å². The second-order valence-corrected chi connectivity index (χ2v) is 9.97. The Morgan fingerprint density at radius 3 is 2.54 bits per heavy atom. The molecule has 3 fully saturated rings. The molecule has 0 aromatic rings. The van der Waals surface area contributed by atoms with Crippen LogP contribution in [0.25, 0.3) is 0 Å². The van der Waals surface area contributed by atoms with Crippen LogP contribution in [-0.2, 0) is 14.4 Å². The van der Waals surface area contributed by atoms with Gasteiger partial charge in [0, 0.05) is 24.7 Å². The SMILES string of the molecule is CC(=O)CCC1CC2=CC(=O)CC[C@]2(C)C2CC[C@]3(C)C(=O)CCC3C12. The molecule has 0 aromatic heterocycles. The van der Waals surface area contributed by atoms with Crippen molar-refractivity contribution < 1.29 is 14.4 Å². The Hall–Kier alpha value is -1.25. The molecule has 6 atom stereocenters. The van der Waals surface area contributed by atoms with Crippen LogP contribution < -0.4 is 0 Å². The molecule has 0 amide bonds. The summed E-state index contributed by atoms with van der Waals surface area (Å²) in [5.41, 5.74) is 1.33. The number of rotatable bonds is 3. The zero-order valence-electron chi connectivity index (χ0n) is 16.5. The molecule has 0 aromatic carbocycles. The van der Waals surface area contributed by atoms with E-state index in [2.05, 4.69) is 13.8 Å². The van der Waals surface area contributed by atoms with E-state index in [-0.39, 0.29) is 22.4 Å². The Bertz CT molecular complexity index is 690. The van der Waals surface area contributed by atoms with Crippen LogP contribution in [0.4, 0.5) is 0 Å². The molecule has 4 aliphatic rings. The number of carbonyl (C=O) groups is 3. The Morgan fingerprint density at radius 1 is 1.08 bits per heavy atom. The number of Topliss-reactive ketones (excluding diaryl/α,β-unsaturated/α-hetero) is 2. The summed E-state index contributed by atoms with van der Waals surface area (Å²) in [7, 11) is 0. The first-order valence-corrected chi connectivity index (χ1v) is 10.5. The summed E-state index contributed by atoms with van der Waals surface area (Å²) in [6.07, 6.45) is 9.95. The Labute approximate surface area is 157 Å². The van der Waals surface area contributed by atoms with Gasteiger partial charge in [0.2, 0.25) is 0 Å². The number of hydrogen-bond acceptors (Lipinski definition) is 3. The summed E-state index contributed by atoms with van der Waals surface area (Å²) >= 11 is 0. The Balaban J connectivity index is 1.73. The molecule has 3 saturated carbocycles. The van der Waals surface area contributed by atoms with E-state index >= 15 is 0 Å². The van der Waals surface area contributed by atoms with E-state index in [0.29, 0.717) is 42.3 Å². The fraction of sp³-hybridized carbons (Fsp3) is 0.783. The van der Waals surface area contributed by atoms with Gasteiger partial charge in [0.25, 0.3) is 0 Å². The molecule has 0 heterocycles. The molecule has 3 nitrogen and oxygen atoms in total. The average Bonchev–Trinajstić information content (AvgIpc) is 2.89. The average molecular weight is 357 g/mol. The normalized spacial score (nSPS) is 44.8. The van der Waals surface area contributed by atoms with Crippen molar-refractivity contribution in [3.63, 3.8) is 0 Å².